The van der Waals surface area contributed by atoms with Gasteiger partial charge in [0.2, 0.25) is 11.8 Å². The van der Waals surface area contributed by atoms with E-state index in [0.29, 0.717) is 18.5 Å². The number of amides is 2. The van der Waals surface area contributed by atoms with Crippen LogP contribution in [0.5, 0.6) is 0 Å². The number of hydrogen-bond donors (Lipinski definition) is 1. The van der Waals surface area contributed by atoms with Crippen LogP contribution in [-0.4, -0.2) is 23.5 Å². The molecule has 1 aliphatic carbocycles. The van der Waals surface area contributed by atoms with E-state index >= 15 is 0 Å². The van der Waals surface area contributed by atoms with Crippen molar-refractivity contribution in [1.82, 2.24) is 0 Å². The highest BCUT2D eigenvalue weighted by atomic mass is 16.2. The second-order valence-corrected chi connectivity index (χ2v) is 5.54. The van der Waals surface area contributed by atoms with E-state index in [2.05, 4.69) is 11.8 Å². The van der Waals surface area contributed by atoms with Crippen LogP contribution >= 0.6 is 0 Å². The molecule has 21 heavy (non-hydrogen) atoms. The summed E-state index contributed by atoms with van der Waals surface area (Å²) in [6, 6.07) is 7.18. The minimum Gasteiger partial charge on any atom is -0.395 e. The minimum absolute atomic E-state index is 0.00294. The molecule has 1 saturated heterocycles. The first-order valence-electron chi connectivity index (χ1n) is 7.28. The predicted octanol–water partition coefficient (Wildman–Crippen LogP) is 1.71. The molecular weight excluding hydrogens is 266 g/mol. The Morgan fingerprint density at radius 2 is 1.90 bits per heavy atom. The van der Waals surface area contributed by atoms with Gasteiger partial charge in [-0.2, -0.15) is 0 Å². The molecule has 0 aromatic heterocycles. The maximum Gasteiger partial charge on any atom is 0.236 e. The molecule has 2 unspecified atom stereocenters. The minimum atomic E-state index is -0.0748. The van der Waals surface area contributed by atoms with Gasteiger partial charge in [0, 0.05) is 23.8 Å². The summed E-state index contributed by atoms with van der Waals surface area (Å²) >= 11 is 0. The van der Waals surface area contributed by atoms with Crippen molar-refractivity contribution >= 4 is 17.5 Å². The first-order valence-corrected chi connectivity index (χ1v) is 7.28. The zero-order valence-electron chi connectivity index (χ0n) is 11.7. The lowest BCUT2D eigenvalue weighted by Gasteiger charge is -2.29. The van der Waals surface area contributed by atoms with Gasteiger partial charge in [-0.1, -0.05) is 17.9 Å². The smallest absolute Gasteiger partial charge is 0.236 e. The van der Waals surface area contributed by atoms with E-state index in [4.69, 9.17) is 5.11 Å². The van der Waals surface area contributed by atoms with Gasteiger partial charge in [0.05, 0.1) is 12.3 Å². The van der Waals surface area contributed by atoms with Gasteiger partial charge < -0.3 is 5.11 Å². The lowest BCUT2D eigenvalue weighted by molar-refractivity contribution is -0.132. The Labute approximate surface area is 123 Å². The normalized spacial score (nSPS) is 24.0. The van der Waals surface area contributed by atoms with E-state index in [1.54, 1.807) is 18.2 Å². The third kappa shape index (κ3) is 2.57. The number of fused-ring (bicyclic) bond motifs is 2. The molecule has 3 rings (SSSR count). The third-order valence-corrected chi connectivity index (χ3v) is 4.15. The maximum atomic E-state index is 12.4. The SMILES string of the molecule is O=C1C2CCC(C2)C(=O)N1c1cccc(C#CCCO)c1. The molecule has 1 N–H and O–H groups in total. The van der Waals surface area contributed by atoms with Crippen molar-refractivity contribution in [3.05, 3.63) is 29.8 Å². The standard InChI is InChI=1S/C17H17NO3/c19-9-2-1-4-12-5-3-6-15(10-12)18-16(20)13-7-8-14(11-13)17(18)21/h3,5-6,10,13-14,19H,2,7-9,11H2. The Kier molecular flexibility index (Phi) is 3.76. The molecule has 108 valence electrons. The Morgan fingerprint density at radius 1 is 1.19 bits per heavy atom. The molecule has 2 fully saturated rings. The van der Waals surface area contributed by atoms with Crippen molar-refractivity contribution in [2.45, 2.75) is 25.7 Å². The largest absolute Gasteiger partial charge is 0.395 e. The van der Waals surface area contributed by atoms with Gasteiger partial charge in [0.15, 0.2) is 0 Å². The molecule has 1 saturated carbocycles. The zero-order valence-corrected chi connectivity index (χ0v) is 11.7. The van der Waals surface area contributed by atoms with Gasteiger partial charge in [-0.15, -0.1) is 0 Å². The van der Waals surface area contributed by atoms with Crippen LogP contribution in [0.3, 0.4) is 0 Å². The molecule has 0 spiro atoms. The number of rotatable bonds is 2. The number of hydrogen-bond acceptors (Lipinski definition) is 3. The van der Waals surface area contributed by atoms with Gasteiger partial charge in [0.1, 0.15) is 0 Å². The Morgan fingerprint density at radius 3 is 2.57 bits per heavy atom. The van der Waals surface area contributed by atoms with Crippen LogP contribution in [0.1, 0.15) is 31.2 Å². The van der Waals surface area contributed by atoms with E-state index in [1.807, 2.05) is 6.07 Å². The third-order valence-electron chi connectivity index (χ3n) is 4.15. The van der Waals surface area contributed by atoms with E-state index in [-0.39, 0.29) is 30.3 Å². The average molecular weight is 283 g/mol. The highest BCUT2D eigenvalue weighted by Gasteiger charge is 2.45. The van der Waals surface area contributed by atoms with E-state index in [9.17, 15) is 9.59 Å². The molecule has 2 amide bonds. The number of anilines is 1. The predicted molar refractivity (Wildman–Crippen MR) is 78.3 cm³/mol. The molecular formula is C17H17NO3. The van der Waals surface area contributed by atoms with Crippen LogP contribution in [0.4, 0.5) is 5.69 Å². The summed E-state index contributed by atoms with van der Waals surface area (Å²) in [5.74, 6) is 5.62. The number of imide groups is 1. The fraction of sp³-hybridized carbons (Fsp3) is 0.412. The first-order chi connectivity index (χ1) is 10.2. The van der Waals surface area contributed by atoms with Crippen molar-refractivity contribution in [2.75, 3.05) is 11.5 Å². The van der Waals surface area contributed by atoms with E-state index < -0.39 is 0 Å². The fourth-order valence-corrected chi connectivity index (χ4v) is 3.10. The summed E-state index contributed by atoms with van der Waals surface area (Å²) in [5.41, 5.74) is 1.36. The Hall–Kier alpha value is -2.12. The van der Waals surface area contributed by atoms with Crippen LogP contribution in [0, 0.1) is 23.7 Å². The van der Waals surface area contributed by atoms with Crippen LogP contribution < -0.4 is 4.90 Å². The number of nitrogens with zero attached hydrogens (tertiary/aromatic N) is 1. The lowest BCUT2D eigenvalue weighted by atomic mass is 9.96. The topological polar surface area (TPSA) is 57.6 Å². The molecule has 2 atom stereocenters. The van der Waals surface area contributed by atoms with Gasteiger partial charge >= 0.3 is 0 Å². The van der Waals surface area contributed by atoms with Gasteiger partial charge in [-0.3, -0.25) is 14.5 Å². The second-order valence-electron chi connectivity index (χ2n) is 5.54. The summed E-state index contributed by atoms with van der Waals surface area (Å²) in [7, 11) is 0. The lowest BCUT2D eigenvalue weighted by Crippen LogP contribution is -2.46. The van der Waals surface area contributed by atoms with Crippen LogP contribution in [-0.2, 0) is 9.59 Å². The van der Waals surface area contributed by atoms with Crippen molar-refractivity contribution in [3.63, 3.8) is 0 Å². The monoisotopic (exact) mass is 283 g/mol. The molecule has 4 heteroatoms. The van der Waals surface area contributed by atoms with E-state index in [1.165, 1.54) is 4.90 Å². The zero-order chi connectivity index (χ0) is 14.8. The fourth-order valence-electron chi connectivity index (χ4n) is 3.10. The number of carbonyl (C=O) groups excluding carboxylic acids is 2. The van der Waals surface area contributed by atoms with Crippen LogP contribution in [0.2, 0.25) is 0 Å². The van der Waals surface area contributed by atoms with Crippen molar-refractivity contribution in [3.8, 4) is 11.8 Å². The molecule has 0 radical (unpaired) electrons. The number of carbonyl (C=O) groups is 2. The molecule has 4 nitrogen and oxygen atoms in total. The first kappa shape index (κ1) is 13.8. The van der Waals surface area contributed by atoms with Gasteiger partial charge in [-0.05, 0) is 37.5 Å². The summed E-state index contributed by atoms with van der Waals surface area (Å²) in [4.78, 5) is 26.1. The number of aliphatic hydroxyl groups is 1. The second kappa shape index (κ2) is 5.71. The van der Waals surface area contributed by atoms with Crippen molar-refractivity contribution in [1.29, 1.82) is 0 Å². The molecule has 1 heterocycles. The van der Waals surface area contributed by atoms with Gasteiger partial charge in [0.25, 0.3) is 0 Å². The molecule has 1 aromatic rings. The highest BCUT2D eigenvalue weighted by molar-refractivity contribution is 6.18. The summed E-state index contributed by atoms with van der Waals surface area (Å²) in [5, 5.41) is 8.74. The summed E-state index contributed by atoms with van der Waals surface area (Å²) < 4.78 is 0. The highest BCUT2D eigenvalue weighted by Crippen LogP contribution is 2.39. The maximum absolute atomic E-state index is 12.4. The summed E-state index contributed by atoms with van der Waals surface area (Å²) in [6.07, 6.45) is 2.77. The molecule has 1 aromatic carbocycles. The molecule has 2 bridgehead atoms. The van der Waals surface area contributed by atoms with Crippen molar-refractivity contribution in [2.24, 2.45) is 11.8 Å². The number of benzene rings is 1. The van der Waals surface area contributed by atoms with Gasteiger partial charge in [-0.25, -0.2) is 0 Å². The Bertz CT molecular complexity index is 619. The van der Waals surface area contributed by atoms with E-state index in [0.717, 1.165) is 18.4 Å². The number of piperidine rings is 1. The average Bonchev–Trinajstić information content (AvgIpc) is 2.93. The summed E-state index contributed by atoms with van der Waals surface area (Å²) in [6.45, 7) is 0.0269. The molecule has 1 aliphatic heterocycles. The van der Waals surface area contributed by atoms with Crippen LogP contribution in [0.15, 0.2) is 24.3 Å². The number of aliphatic hydroxyl groups excluding tert-OH is 1. The Balaban J connectivity index is 1.90. The van der Waals surface area contributed by atoms with Crippen LogP contribution in [0.25, 0.3) is 0 Å². The van der Waals surface area contributed by atoms with Crippen molar-refractivity contribution < 1.29 is 14.7 Å². The quantitative estimate of drug-likeness (QED) is 0.664. The molecule has 2 aliphatic rings.